The molecule has 1 aromatic rings. The van der Waals surface area contributed by atoms with E-state index in [-0.39, 0.29) is 5.82 Å². The van der Waals surface area contributed by atoms with Crippen molar-refractivity contribution in [2.75, 3.05) is 26.8 Å². The number of benzene rings is 1. The van der Waals surface area contributed by atoms with Crippen LogP contribution in [0.25, 0.3) is 0 Å². The van der Waals surface area contributed by atoms with E-state index in [0.717, 1.165) is 26.2 Å². The largest absolute Gasteiger partial charge is 0.381 e. The molecule has 0 aromatic heterocycles. The van der Waals surface area contributed by atoms with E-state index >= 15 is 0 Å². The predicted octanol–water partition coefficient (Wildman–Crippen LogP) is 2.56. The molecule has 0 spiro atoms. The highest BCUT2D eigenvalue weighted by Crippen LogP contribution is 2.17. The molecule has 0 saturated carbocycles. The highest BCUT2D eigenvalue weighted by atomic mass is 19.1. The van der Waals surface area contributed by atoms with E-state index in [9.17, 15) is 4.39 Å². The smallest absolute Gasteiger partial charge is 0.129 e. The van der Waals surface area contributed by atoms with Gasteiger partial charge < -0.3 is 9.64 Å². The number of ether oxygens (including phenoxy) is 1. The first kappa shape index (κ1) is 14.0. The van der Waals surface area contributed by atoms with Crippen molar-refractivity contribution in [1.29, 1.82) is 5.26 Å². The Morgan fingerprint density at radius 2 is 2.37 bits per heavy atom. The van der Waals surface area contributed by atoms with Crippen LogP contribution in [-0.2, 0) is 11.3 Å². The monoisotopic (exact) mass is 262 g/mol. The van der Waals surface area contributed by atoms with Crippen LogP contribution in [0.2, 0.25) is 0 Å². The van der Waals surface area contributed by atoms with E-state index < -0.39 is 0 Å². The maximum absolute atomic E-state index is 13.8. The van der Waals surface area contributed by atoms with Gasteiger partial charge >= 0.3 is 0 Å². The van der Waals surface area contributed by atoms with Gasteiger partial charge in [-0.15, -0.1) is 0 Å². The van der Waals surface area contributed by atoms with Crippen molar-refractivity contribution in [1.82, 2.24) is 4.90 Å². The number of hydrogen-bond donors (Lipinski definition) is 0. The predicted molar refractivity (Wildman–Crippen MR) is 71.0 cm³/mol. The summed E-state index contributed by atoms with van der Waals surface area (Å²) in [6.07, 6.45) is 2.30. The van der Waals surface area contributed by atoms with Gasteiger partial charge in [0.2, 0.25) is 0 Å². The average molecular weight is 262 g/mol. The van der Waals surface area contributed by atoms with Crippen molar-refractivity contribution < 1.29 is 9.13 Å². The molecule has 0 amide bonds. The first-order valence-electron chi connectivity index (χ1n) is 6.64. The van der Waals surface area contributed by atoms with Crippen molar-refractivity contribution in [2.45, 2.75) is 19.4 Å². The molecule has 3 nitrogen and oxygen atoms in total. The van der Waals surface area contributed by atoms with Crippen LogP contribution in [0, 0.1) is 23.1 Å². The fourth-order valence-corrected chi connectivity index (χ4v) is 2.49. The Labute approximate surface area is 113 Å². The molecule has 102 valence electrons. The summed E-state index contributed by atoms with van der Waals surface area (Å²) in [6.45, 7) is 3.15. The number of nitrogens with zero attached hydrogens (tertiary/aromatic N) is 2. The molecule has 1 saturated heterocycles. The second-order valence-corrected chi connectivity index (χ2v) is 5.20. The number of halogens is 1. The first-order chi connectivity index (χ1) is 9.19. The Balaban J connectivity index is 1.91. The number of nitriles is 1. The van der Waals surface area contributed by atoms with E-state index in [1.54, 1.807) is 12.1 Å². The maximum Gasteiger partial charge on any atom is 0.129 e. The van der Waals surface area contributed by atoms with Gasteiger partial charge in [0.25, 0.3) is 0 Å². The summed E-state index contributed by atoms with van der Waals surface area (Å²) < 4.78 is 19.2. The molecule has 2 rings (SSSR count). The van der Waals surface area contributed by atoms with Gasteiger partial charge in [-0.2, -0.15) is 5.26 Å². The second-order valence-electron chi connectivity index (χ2n) is 5.20. The molecular weight excluding hydrogens is 243 g/mol. The first-order valence-corrected chi connectivity index (χ1v) is 6.64. The van der Waals surface area contributed by atoms with Gasteiger partial charge in [0.15, 0.2) is 0 Å². The minimum atomic E-state index is -0.300. The van der Waals surface area contributed by atoms with Crippen LogP contribution >= 0.6 is 0 Å². The minimum Gasteiger partial charge on any atom is -0.381 e. The van der Waals surface area contributed by atoms with E-state index in [0.29, 0.717) is 23.6 Å². The van der Waals surface area contributed by atoms with Crippen molar-refractivity contribution in [3.8, 4) is 6.07 Å². The molecule has 1 atom stereocenters. The van der Waals surface area contributed by atoms with Gasteiger partial charge in [0, 0.05) is 25.3 Å². The third kappa shape index (κ3) is 4.02. The topological polar surface area (TPSA) is 36.3 Å². The standard InChI is InChI=1S/C15H19FN2O/c1-18(9-13-3-2-6-19-11-13)10-14-5-4-12(8-17)7-15(14)16/h4-5,7,13H,2-3,6,9-11H2,1H3. The van der Waals surface area contributed by atoms with Crippen LogP contribution in [0.4, 0.5) is 4.39 Å². The lowest BCUT2D eigenvalue weighted by molar-refractivity contribution is 0.0410. The van der Waals surface area contributed by atoms with Gasteiger partial charge in [0.1, 0.15) is 5.82 Å². The Morgan fingerprint density at radius 3 is 3.00 bits per heavy atom. The number of hydrogen-bond acceptors (Lipinski definition) is 3. The minimum absolute atomic E-state index is 0.300. The van der Waals surface area contributed by atoms with Crippen LogP contribution in [-0.4, -0.2) is 31.7 Å². The summed E-state index contributed by atoms with van der Waals surface area (Å²) in [5.74, 6) is 0.242. The third-order valence-electron chi connectivity index (χ3n) is 3.45. The fraction of sp³-hybridized carbons (Fsp3) is 0.533. The van der Waals surface area contributed by atoms with Crippen LogP contribution in [0.15, 0.2) is 18.2 Å². The highest BCUT2D eigenvalue weighted by molar-refractivity contribution is 5.32. The van der Waals surface area contributed by atoms with Crippen molar-refractivity contribution in [2.24, 2.45) is 5.92 Å². The normalized spacial score (nSPS) is 19.4. The Kier molecular flexibility index (Phi) is 4.89. The van der Waals surface area contributed by atoms with Crippen LogP contribution < -0.4 is 0 Å². The fourth-order valence-electron chi connectivity index (χ4n) is 2.49. The number of rotatable bonds is 4. The van der Waals surface area contributed by atoms with E-state index in [4.69, 9.17) is 10.00 Å². The summed E-state index contributed by atoms with van der Waals surface area (Å²) in [5.41, 5.74) is 1.00. The Bertz CT molecular complexity index is 464. The molecule has 1 aliphatic heterocycles. The van der Waals surface area contributed by atoms with Crippen LogP contribution in [0.1, 0.15) is 24.0 Å². The van der Waals surface area contributed by atoms with E-state index in [1.165, 1.54) is 12.5 Å². The Hall–Kier alpha value is -1.44. The SMILES string of the molecule is CN(Cc1ccc(C#N)cc1F)CC1CCCOC1. The van der Waals surface area contributed by atoms with Gasteiger partial charge in [-0.25, -0.2) is 4.39 Å². The zero-order valence-electron chi connectivity index (χ0n) is 11.2. The molecule has 1 aromatic carbocycles. The van der Waals surface area contributed by atoms with Gasteiger partial charge in [-0.05, 0) is 37.9 Å². The molecule has 0 N–H and O–H groups in total. The lowest BCUT2D eigenvalue weighted by Crippen LogP contribution is -2.30. The summed E-state index contributed by atoms with van der Waals surface area (Å²) in [7, 11) is 1.99. The molecule has 0 radical (unpaired) electrons. The van der Waals surface area contributed by atoms with Crippen molar-refractivity contribution in [3.05, 3.63) is 35.1 Å². The molecule has 1 fully saturated rings. The van der Waals surface area contributed by atoms with E-state index in [2.05, 4.69) is 4.90 Å². The Morgan fingerprint density at radius 1 is 1.53 bits per heavy atom. The summed E-state index contributed by atoms with van der Waals surface area (Å²) in [5, 5.41) is 8.71. The van der Waals surface area contributed by atoms with Gasteiger partial charge in [0.05, 0.1) is 18.2 Å². The summed E-state index contributed by atoms with van der Waals surface area (Å²) in [6, 6.07) is 6.60. The van der Waals surface area contributed by atoms with Gasteiger partial charge in [-0.1, -0.05) is 6.07 Å². The molecular formula is C15H19FN2O. The lowest BCUT2D eigenvalue weighted by atomic mass is 10.0. The molecule has 0 bridgehead atoms. The quantitative estimate of drug-likeness (QED) is 0.836. The summed E-state index contributed by atoms with van der Waals surface area (Å²) >= 11 is 0. The van der Waals surface area contributed by atoms with Crippen molar-refractivity contribution in [3.63, 3.8) is 0 Å². The maximum atomic E-state index is 13.8. The molecule has 1 aliphatic rings. The molecule has 1 heterocycles. The van der Waals surface area contributed by atoms with Crippen LogP contribution in [0.3, 0.4) is 0 Å². The molecule has 1 unspecified atom stereocenters. The lowest BCUT2D eigenvalue weighted by Gasteiger charge is -2.27. The summed E-state index contributed by atoms with van der Waals surface area (Å²) in [4.78, 5) is 2.11. The molecule has 19 heavy (non-hydrogen) atoms. The van der Waals surface area contributed by atoms with Crippen molar-refractivity contribution >= 4 is 0 Å². The van der Waals surface area contributed by atoms with Gasteiger partial charge in [-0.3, -0.25) is 0 Å². The molecule has 4 heteroatoms. The molecule has 0 aliphatic carbocycles. The van der Waals surface area contributed by atoms with Crippen LogP contribution in [0.5, 0.6) is 0 Å². The third-order valence-corrected chi connectivity index (χ3v) is 3.45. The second kappa shape index (κ2) is 6.65. The highest BCUT2D eigenvalue weighted by Gasteiger charge is 2.16. The zero-order chi connectivity index (χ0) is 13.7. The zero-order valence-corrected chi connectivity index (χ0v) is 11.2. The van der Waals surface area contributed by atoms with E-state index in [1.807, 2.05) is 13.1 Å². The average Bonchev–Trinajstić information content (AvgIpc) is 2.42.